The molecule has 1 rings (SSSR count). The van der Waals surface area contributed by atoms with Crippen molar-refractivity contribution >= 4 is 5.84 Å². The highest BCUT2D eigenvalue weighted by molar-refractivity contribution is 5.80. The number of hydrogen-bond donors (Lipinski definition) is 2. The van der Waals surface area contributed by atoms with Crippen LogP contribution in [-0.4, -0.2) is 35.6 Å². The summed E-state index contributed by atoms with van der Waals surface area (Å²) in [7, 11) is 0. The van der Waals surface area contributed by atoms with Crippen LogP contribution in [0.15, 0.2) is 5.16 Å². The third kappa shape index (κ3) is 4.00. The topological polar surface area (TPSA) is 61.8 Å². The molecule has 0 aromatic carbocycles. The average Bonchev–Trinajstić information content (AvgIpc) is 3.04. The van der Waals surface area contributed by atoms with E-state index in [1.807, 2.05) is 0 Å². The summed E-state index contributed by atoms with van der Waals surface area (Å²) in [4.78, 5) is 2.49. The number of unbranched alkanes of at least 4 members (excludes halogenated alkanes) is 1. The third-order valence-corrected chi connectivity index (χ3v) is 3.48. The minimum atomic E-state index is 0.306. The molecule has 3 N–H and O–H groups in total. The molecule has 0 aliphatic heterocycles. The fourth-order valence-electron chi connectivity index (χ4n) is 2.19. The Morgan fingerprint density at radius 1 is 1.44 bits per heavy atom. The molecule has 0 aromatic heterocycles. The standard InChI is InChI=1S/C12H25N3O/c1-3-5-8-15(4-2)10-12(6-7-12)9-11(13)14-16/h16H,3-10H2,1-2H3,(H2,13,14). The van der Waals surface area contributed by atoms with Gasteiger partial charge < -0.3 is 15.8 Å². The zero-order valence-electron chi connectivity index (χ0n) is 10.6. The van der Waals surface area contributed by atoms with E-state index in [2.05, 4.69) is 23.9 Å². The molecule has 1 aliphatic carbocycles. The average molecular weight is 227 g/mol. The van der Waals surface area contributed by atoms with Gasteiger partial charge in [0.05, 0.1) is 0 Å². The lowest BCUT2D eigenvalue weighted by Gasteiger charge is -2.25. The van der Waals surface area contributed by atoms with Crippen molar-refractivity contribution in [3.63, 3.8) is 0 Å². The summed E-state index contributed by atoms with van der Waals surface area (Å²) in [6, 6.07) is 0. The van der Waals surface area contributed by atoms with Gasteiger partial charge in [0.15, 0.2) is 0 Å². The molecule has 16 heavy (non-hydrogen) atoms. The Morgan fingerprint density at radius 3 is 2.56 bits per heavy atom. The third-order valence-electron chi connectivity index (χ3n) is 3.48. The van der Waals surface area contributed by atoms with E-state index in [1.54, 1.807) is 0 Å². The fraction of sp³-hybridized carbons (Fsp3) is 0.917. The predicted octanol–water partition coefficient (Wildman–Crippen LogP) is 2.03. The second kappa shape index (κ2) is 6.09. The van der Waals surface area contributed by atoms with E-state index in [9.17, 15) is 0 Å². The van der Waals surface area contributed by atoms with Crippen LogP contribution in [0.4, 0.5) is 0 Å². The number of nitrogens with zero attached hydrogens (tertiary/aromatic N) is 2. The SMILES string of the molecule is CCCCN(CC)CC1(CC(N)=NO)CC1. The number of nitrogens with two attached hydrogens (primary N) is 1. The monoisotopic (exact) mass is 227 g/mol. The van der Waals surface area contributed by atoms with Gasteiger partial charge in [-0.3, -0.25) is 0 Å². The summed E-state index contributed by atoms with van der Waals surface area (Å²) >= 11 is 0. The predicted molar refractivity (Wildman–Crippen MR) is 66.7 cm³/mol. The molecule has 1 fully saturated rings. The highest BCUT2D eigenvalue weighted by Gasteiger charge is 2.44. The molecule has 1 aliphatic rings. The summed E-state index contributed by atoms with van der Waals surface area (Å²) in [5, 5.41) is 11.7. The molecule has 0 bridgehead atoms. The van der Waals surface area contributed by atoms with Crippen molar-refractivity contribution in [2.24, 2.45) is 16.3 Å². The van der Waals surface area contributed by atoms with Crippen LogP contribution in [0.25, 0.3) is 0 Å². The molecule has 0 atom stereocenters. The molecular weight excluding hydrogens is 202 g/mol. The second-order valence-corrected chi connectivity index (χ2v) is 4.99. The van der Waals surface area contributed by atoms with Gasteiger partial charge in [0.1, 0.15) is 5.84 Å². The number of rotatable bonds is 8. The maximum atomic E-state index is 8.61. The summed E-state index contributed by atoms with van der Waals surface area (Å²) in [5.41, 5.74) is 5.90. The lowest BCUT2D eigenvalue weighted by Crippen LogP contribution is -2.33. The first-order valence-electron chi connectivity index (χ1n) is 6.34. The van der Waals surface area contributed by atoms with Crippen LogP contribution in [0.1, 0.15) is 46.0 Å². The smallest absolute Gasteiger partial charge is 0.139 e. The Hall–Kier alpha value is -0.770. The zero-order valence-corrected chi connectivity index (χ0v) is 10.6. The fourth-order valence-corrected chi connectivity index (χ4v) is 2.19. The maximum Gasteiger partial charge on any atom is 0.139 e. The normalized spacial score (nSPS) is 19.1. The van der Waals surface area contributed by atoms with E-state index < -0.39 is 0 Å². The van der Waals surface area contributed by atoms with Crippen LogP contribution >= 0.6 is 0 Å². The number of oxime groups is 1. The van der Waals surface area contributed by atoms with Crippen molar-refractivity contribution in [2.45, 2.75) is 46.0 Å². The number of amidine groups is 1. The van der Waals surface area contributed by atoms with E-state index in [1.165, 1.54) is 32.2 Å². The van der Waals surface area contributed by atoms with E-state index in [-0.39, 0.29) is 0 Å². The first kappa shape index (κ1) is 13.3. The molecule has 4 nitrogen and oxygen atoms in total. The molecule has 0 spiro atoms. The van der Waals surface area contributed by atoms with Crippen molar-refractivity contribution in [1.29, 1.82) is 0 Å². The van der Waals surface area contributed by atoms with Crippen molar-refractivity contribution in [2.75, 3.05) is 19.6 Å². The van der Waals surface area contributed by atoms with E-state index in [4.69, 9.17) is 10.9 Å². The van der Waals surface area contributed by atoms with Gasteiger partial charge in [0.2, 0.25) is 0 Å². The van der Waals surface area contributed by atoms with Crippen molar-refractivity contribution in [3.8, 4) is 0 Å². The lowest BCUT2D eigenvalue weighted by molar-refractivity contribution is 0.227. The van der Waals surface area contributed by atoms with E-state index in [0.717, 1.165) is 19.5 Å². The van der Waals surface area contributed by atoms with Gasteiger partial charge in [0, 0.05) is 13.0 Å². The van der Waals surface area contributed by atoms with Crippen LogP contribution in [0, 0.1) is 5.41 Å². The van der Waals surface area contributed by atoms with Crippen LogP contribution in [0.3, 0.4) is 0 Å². The van der Waals surface area contributed by atoms with Gasteiger partial charge >= 0.3 is 0 Å². The van der Waals surface area contributed by atoms with Crippen molar-refractivity contribution in [3.05, 3.63) is 0 Å². The summed E-state index contributed by atoms with van der Waals surface area (Å²) in [6.45, 7) is 7.79. The molecule has 0 aromatic rings. The van der Waals surface area contributed by atoms with Crippen LogP contribution in [0.5, 0.6) is 0 Å². The molecular formula is C12H25N3O. The molecule has 0 saturated heterocycles. The Labute approximate surface area is 98.5 Å². The molecule has 0 radical (unpaired) electrons. The highest BCUT2D eigenvalue weighted by atomic mass is 16.4. The first-order valence-corrected chi connectivity index (χ1v) is 6.34. The quantitative estimate of drug-likeness (QED) is 0.289. The van der Waals surface area contributed by atoms with Gasteiger partial charge in [0.25, 0.3) is 0 Å². The van der Waals surface area contributed by atoms with E-state index in [0.29, 0.717) is 11.3 Å². The molecule has 0 heterocycles. The van der Waals surface area contributed by atoms with Crippen molar-refractivity contribution in [1.82, 2.24) is 4.90 Å². The van der Waals surface area contributed by atoms with Gasteiger partial charge in [-0.15, -0.1) is 0 Å². The van der Waals surface area contributed by atoms with Gasteiger partial charge in [-0.05, 0) is 37.8 Å². The summed E-state index contributed by atoms with van der Waals surface area (Å²) in [5.74, 6) is 0.379. The molecule has 0 amide bonds. The molecule has 0 unspecified atom stereocenters. The summed E-state index contributed by atoms with van der Waals surface area (Å²) < 4.78 is 0. The molecule has 4 heteroatoms. The Bertz CT molecular complexity index is 236. The molecule has 1 saturated carbocycles. The number of hydrogen-bond acceptors (Lipinski definition) is 3. The first-order chi connectivity index (χ1) is 7.65. The van der Waals surface area contributed by atoms with Crippen LogP contribution in [-0.2, 0) is 0 Å². The minimum Gasteiger partial charge on any atom is -0.409 e. The van der Waals surface area contributed by atoms with Crippen LogP contribution in [0.2, 0.25) is 0 Å². The van der Waals surface area contributed by atoms with Gasteiger partial charge in [-0.25, -0.2) is 0 Å². The molecule has 94 valence electrons. The minimum absolute atomic E-state index is 0.306. The van der Waals surface area contributed by atoms with Crippen molar-refractivity contribution < 1.29 is 5.21 Å². The summed E-state index contributed by atoms with van der Waals surface area (Å²) in [6.07, 6.45) is 5.67. The van der Waals surface area contributed by atoms with Crippen LogP contribution < -0.4 is 5.73 Å². The van der Waals surface area contributed by atoms with Gasteiger partial charge in [-0.2, -0.15) is 0 Å². The van der Waals surface area contributed by atoms with E-state index >= 15 is 0 Å². The maximum absolute atomic E-state index is 8.61. The second-order valence-electron chi connectivity index (χ2n) is 4.99. The lowest BCUT2D eigenvalue weighted by atomic mass is 10.0. The Balaban J connectivity index is 2.38. The highest BCUT2D eigenvalue weighted by Crippen LogP contribution is 2.49. The Kier molecular flexibility index (Phi) is 5.06. The zero-order chi connectivity index (χ0) is 12.0. The largest absolute Gasteiger partial charge is 0.409 e. The Morgan fingerprint density at radius 2 is 2.12 bits per heavy atom. The van der Waals surface area contributed by atoms with Gasteiger partial charge in [-0.1, -0.05) is 25.4 Å².